The van der Waals surface area contributed by atoms with Crippen LogP contribution in [0.25, 0.3) is 10.9 Å². The van der Waals surface area contributed by atoms with Gasteiger partial charge in [0.05, 0.1) is 12.8 Å². The maximum Gasteiger partial charge on any atom is 0.287 e. The number of hydrogen-bond donors (Lipinski definition) is 1. The Bertz CT molecular complexity index is 733. The lowest BCUT2D eigenvalue weighted by atomic mass is 10.2. The maximum atomic E-state index is 11.7. The number of carbonyl (C=O) groups excluding carboxylic acids is 1. The molecule has 3 rings (SSSR count). The largest absolute Gasteiger partial charge is 0.489 e. The highest BCUT2D eigenvalue weighted by molar-refractivity contribution is 5.91. The molecule has 0 aliphatic heterocycles. The molecule has 0 aliphatic rings. The molecular weight excluding hydrogens is 268 g/mol. The van der Waals surface area contributed by atoms with Gasteiger partial charge < -0.3 is 14.5 Å². The van der Waals surface area contributed by atoms with Gasteiger partial charge in [0.15, 0.2) is 5.76 Å². The van der Waals surface area contributed by atoms with Gasteiger partial charge in [0.25, 0.3) is 5.91 Å². The summed E-state index contributed by atoms with van der Waals surface area (Å²) in [6, 6.07) is 12.9. The van der Waals surface area contributed by atoms with Crippen molar-refractivity contribution in [3.05, 3.63) is 60.7 Å². The zero-order valence-corrected chi connectivity index (χ0v) is 11.3. The Morgan fingerprint density at radius 3 is 2.95 bits per heavy atom. The Kier molecular flexibility index (Phi) is 3.82. The molecule has 1 aromatic carbocycles. The van der Waals surface area contributed by atoms with Gasteiger partial charge in [-0.15, -0.1) is 0 Å². The van der Waals surface area contributed by atoms with Crippen molar-refractivity contribution in [2.75, 3.05) is 13.2 Å². The summed E-state index contributed by atoms with van der Waals surface area (Å²) < 4.78 is 10.7. The lowest BCUT2D eigenvalue weighted by molar-refractivity contribution is 0.0919. The van der Waals surface area contributed by atoms with E-state index in [1.807, 2.05) is 30.3 Å². The highest BCUT2D eigenvalue weighted by Gasteiger charge is 2.07. The minimum absolute atomic E-state index is 0.250. The average molecular weight is 282 g/mol. The second-order valence-electron chi connectivity index (χ2n) is 4.41. The first-order valence-electron chi connectivity index (χ1n) is 6.63. The van der Waals surface area contributed by atoms with Crippen molar-refractivity contribution < 1.29 is 13.9 Å². The number of nitrogens with zero attached hydrogens (tertiary/aromatic N) is 1. The second kappa shape index (κ2) is 6.09. The highest BCUT2D eigenvalue weighted by Crippen LogP contribution is 2.22. The zero-order valence-electron chi connectivity index (χ0n) is 11.3. The number of benzene rings is 1. The first kappa shape index (κ1) is 13.2. The number of pyridine rings is 1. The lowest BCUT2D eigenvalue weighted by Gasteiger charge is -2.09. The molecule has 3 aromatic rings. The summed E-state index contributed by atoms with van der Waals surface area (Å²) in [5.74, 6) is 0.752. The summed E-state index contributed by atoms with van der Waals surface area (Å²) in [6.07, 6.45) is 3.20. The van der Waals surface area contributed by atoms with Gasteiger partial charge >= 0.3 is 0 Å². The fraction of sp³-hybridized carbons (Fsp3) is 0.125. The van der Waals surface area contributed by atoms with Crippen LogP contribution in [0.4, 0.5) is 0 Å². The summed E-state index contributed by atoms with van der Waals surface area (Å²) in [4.78, 5) is 16.0. The summed E-state index contributed by atoms with van der Waals surface area (Å²) in [5.41, 5.74) is 0.817. The van der Waals surface area contributed by atoms with Gasteiger partial charge in [0.1, 0.15) is 17.9 Å². The Labute approximate surface area is 121 Å². The molecule has 0 saturated carbocycles. The Morgan fingerprint density at radius 2 is 2.10 bits per heavy atom. The number of furan rings is 1. The first-order chi connectivity index (χ1) is 10.3. The number of amides is 1. The normalized spacial score (nSPS) is 10.5. The van der Waals surface area contributed by atoms with E-state index in [-0.39, 0.29) is 5.91 Å². The predicted octanol–water partition coefficient (Wildman–Crippen LogP) is 2.64. The van der Waals surface area contributed by atoms with Gasteiger partial charge in [-0.1, -0.05) is 18.2 Å². The van der Waals surface area contributed by atoms with Gasteiger partial charge in [0, 0.05) is 11.6 Å². The first-order valence-corrected chi connectivity index (χ1v) is 6.63. The molecule has 0 unspecified atom stereocenters. The van der Waals surface area contributed by atoms with Crippen LogP contribution in [0.5, 0.6) is 5.75 Å². The molecule has 1 N–H and O–H groups in total. The molecule has 0 fully saturated rings. The van der Waals surface area contributed by atoms with E-state index in [1.165, 1.54) is 6.26 Å². The molecule has 0 aliphatic carbocycles. The van der Waals surface area contributed by atoms with Crippen molar-refractivity contribution >= 4 is 16.8 Å². The minimum atomic E-state index is -0.250. The van der Waals surface area contributed by atoms with Crippen LogP contribution in [0.3, 0.4) is 0 Å². The molecule has 5 nitrogen and oxygen atoms in total. The summed E-state index contributed by atoms with van der Waals surface area (Å²) in [6.45, 7) is 0.755. The third kappa shape index (κ3) is 3.02. The van der Waals surface area contributed by atoms with Crippen molar-refractivity contribution in [3.8, 4) is 5.75 Å². The van der Waals surface area contributed by atoms with Gasteiger partial charge in [-0.3, -0.25) is 9.78 Å². The number of rotatable bonds is 5. The standard InChI is InChI=1S/C16H14N2O3/c19-16(14-7-3-10-20-14)18-9-11-21-13-6-1-4-12-5-2-8-17-15(12)13/h1-8,10H,9,11H2,(H,18,19). The van der Waals surface area contributed by atoms with Crippen LogP contribution >= 0.6 is 0 Å². The number of ether oxygens (including phenoxy) is 1. The van der Waals surface area contributed by atoms with Crippen LogP contribution < -0.4 is 10.1 Å². The quantitative estimate of drug-likeness (QED) is 0.731. The van der Waals surface area contributed by atoms with Crippen LogP contribution in [-0.4, -0.2) is 24.0 Å². The molecule has 0 bridgehead atoms. The molecule has 0 atom stereocenters. The van der Waals surface area contributed by atoms with Crippen LogP contribution in [0, 0.1) is 0 Å². The number of aromatic nitrogens is 1. The smallest absolute Gasteiger partial charge is 0.287 e. The van der Waals surface area contributed by atoms with Crippen molar-refractivity contribution in [1.82, 2.24) is 10.3 Å². The minimum Gasteiger partial charge on any atom is -0.489 e. The molecule has 0 spiro atoms. The molecular formula is C16H14N2O3. The van der Waals surface area contributed by atoms with Crippen molar-refractivity contribution in [2.24, 2.45) is 0 Å². The molecule has 5 heteroatoms. The molecule has 1 amide bonds. The van der Waals surface area contributed by atoms with Gasteiger partial charge in [0.2, 0.25) is 0 Å². The van der Waals surface area contributed by atoms with Crippen LogP contribution in [-0.2, 0) is 0 Å². The third-order valence-electron chi connectivity index (χ3n) is 2.99. The fourth-order valence-corrected chi connectivity index (χ4v) is 2.01. The number of hydrogen-bond acceptors (Lipinski definition) is 4. The highest BCUT2D eigenvalue weighted by atomic mass is 16.5. The summed E-state index contributed by atoms with van der Waals surface area (Å²) >= 11 is 0. The van der Waals surface area contributed by atoms with Crippen LogP contribution in [0.2, 0.25) is 0 Å². The van der Waals surface area contributed by atoms with E-state index in [0.717, 1.165) is 10.9 Å². The van der Waals surface area contributed by atoms with E-state index in [2.05, 4.69) is 10.3 Å². The lowest BCUT2D eigenvalue weighted by Crippen LogP contribution is -2.27. The van der Waals surface area contributed by atoms with Crippen molar-refractivity contribution in [3.63, 3.8) is 0 Å². The van der Waals surface area contributed by atoms with E-state index in [9.17, 15) is 4.79 Å². The van der Waals surface area contributed by atoms with E-state index >= 15 is 0 Å². The second-order valence-corrected chi connectivity index (χ2v) is 4.41. The topological polar surface area (TPSA) is 64.4 Å². The number of para-hydroxylation sites is 1. The Morgan fingerprint density at radius 1 is 1.19 bits per heavy atom. The van der Waals surface area contributed by atoms with E-state index in [1.54, 1.807) is 18.3 Å². The Hall–Kier alpha value is -2.82. The molecule has 0 radical (unpaired) electrons. The Balaban J connectivity index is 1.56. The molecule has 0 saturated heterocycles. The van der Waals surface area contributed by atoms with Gasteiger partial charge in [-0.2, -0.15) is 0 Å². The number of nitrogens with one attached hydrogen (secondary N) is 1. The molecule has 106 valence electrons. The van der Waals surface area contributed by atoms with Gasteiger partial charge in [-0.25, -0.2) is 0 Å². The zero-order chi connectivity index (χ0) is 14.5. The van der Waals surface area contributed by atoms with Crippen LogP contribution in [0.15, 0.2) is 59.3 Å². The SMILES string of the molecule is O=C(NCCOc1cccc2cccnc12)c1ccco1. The van der Waals surface area contributed by atoms with E-state index in [0.29, 0.717) is 24.7 Å². The summed E-state index contributed by atoms with van der Waals surface area (Å²) in [5, 5.41) is 3.75. The maximum absolute atomic E-state index is 11.7. The van der Waals surface area contributed by atoms with E-state index in [4.69, 9.17) is 9.15 Å². The third-order valence-corrected chi connectivity index (χ3v) is 2.99. The predicted molar refractivity (Wildman–Crippen MR) is 78.3 cm³/mol. The molecule has 2 aromatic heterocycles. The monoisotopic (exact) mass is 282 g/mol. The van der Waals surface area contributed by atoms with Gasteiger partial charge in [-0.05, 0) is 24.3 Å². The fourth-order valence-electron chi connectivity index (χ4n) is 2.01. The molecule has 21 heavy (non-hydrogen) atoms. The van der Waals surface area contributed by atoms with Crippen molar-refractivity contribution in [2.45, 2.75) is 0 Å². The number of fused-ring (bicyclic) bond motifs is 1. The molecule has 2 heterocycles. The van der Waals surface area contributed by atoms with Crippen LogP contribution in [0.1, 0.15) is 10.6 Å². The van der Waals surface area contributed by atoms with Crippen molar-refractivity contribution in [1.29, 1.82) is 0 Å². The average Bonchev–Trinajstić information content (AvgIpc) is 3.06. The number of carbonyl (C=O) groups is 1. The summed E-state index contributed by atoms with van der Waals surface area (Å²) in [7, 11) is 0. The van der Waals surface area contributed by atoms with E-state index < -0.39 is 0 Å².